The summed E-state index contributed by atoms with van der Waals surface area (Å²) in [4.78, 5) is 2.81. The van der Waals surface area contributed by atoms with Crippen molar-refractivity contribution >= 4 is 21.2 Å². The zero-order chi connectivity index (χ0) is 22.2. The van der Waals surface area contributed by atoms with Gasteiger partial charge in [-0.3, -0.25) is 0 Å². The van der Waals surface area contributed by atoms with Gasteiger partial charge >= 0.3 is 0 Å². The first kappa shape index (κ1) is 22.2. The minimum absolute atomic E-state index is 0.107. The fourth-order valence-corrected chi connectivity index (χ4v) is 6.40. The van der Waals surface area contributed by atoms with Gasteiger partial charge in [-0.05, 0) is 59.2 Å². The molecule has 0 saturated carbocycles. The molecule has 2 heterocycles. The van der Waals surface area contributed by atoms with Gasteiger partial charge < -0.3 is 15.0 Å². The Balaban J connectivity index is 1.62. The predicted octanol–water partition coefficient (Wildman–Crippen LogP) is 4.79. The topological polar surface area (TPSA) is 58.6 Å². The maximum atomic E-state index is 12.8. The molecule has 2 aromatic carbocycles. The molecule has 31 heavy (non-hydrogen) atoms. The molecule has 4 rings (SSSR count). The molecule has 1 fully saturated rings. The lowest BCUT2D eigenvalue weighted by Crippen LogP contribution is -2.36. The molecule has 2 aliphatic heterocycles. The molecular formula is C25H34N2O3S. The number of benzene rings is 2. The van der Waals surface area contributed by atoms with Gasteiger partial charge in [0.2, 0.25) is 0 Å². The van der Waals surface area contributed by atoms with Gasteiger partial charge in [0.25, 0.3) is 0 Å². The van der Waals surface area contributed by atoms with E-state index in [0.717, 1.165) is 44.0 Å². The summed E-state index contributed by atoms with van der Waals surface area (Å²) in [5.41, 5.74) is 4.48. The van der Waals surface area contributed by atoms with Crippen molar-refractivity contribution in [3.63, 3.8) is 0 Å². The van der Waals surface area contributed by atoms with Gasteiger partial charge in [0.05, 0.1) is 29.9 Å². The van der Waals surface area contributed by atoms with E-state index in [4.69, 9.17) is 4.74 Å². The summed E-state index contributed by atoms with van der Waals surface area (Å²) in [5.74, 6) is 0.284. The van der Waals surface area contributed by atoms with Crippen LogP contribution in [0.1, 0.15) is 51.3 Å². The van der Waals surface area contributed by atoms with E-state index < -0.39 is 9.84 Å². The molecule has 1 atom stereocenters. The fourth-order valence-electron chi connectivity index (χ4n) is 4.76. The summed E-state index contributed by atoms with van der Waals surface area (Å²) in [6.07, 6.45) is 0.903. The van der Waals surface area contributed by atoms with Crippen molar-refractivity contribution in [2.45, 2.75) is 50.5 Å². The monoisotopic (exact) mass is 442 g/mol. The number of nitrogens with one attached hydrogen (secondary N) is 1. The SMILES string of the molecule is CC(C)CS(=O)(=O)c1ccc2c(c1)C(C)(C)CC(c1cccc(N3CCOCC3)c1)N2. The number of hydrogen-bond acceptors (Lipinski definition) is 5. The summed E-state index contributed by atoms with van der Waals surface area (Å²) >= 11 is 0. The molecule has 2 aliphatic rings. The van der Waals surface area contributed by atoms with E-state index in [2.05, 4.69) is 48.3 Å². The van der Waals surface area contributed by atoms with Gasteiger partial charge in [-0.2, -0.15) is 0 Å². The van der Waals surface area contributed by atoms with Crippen LogP contribution in [0.25, 0.3) is 0 Å². The quantitative estimate of drug-likeness (QED) is 0.722. The van der Waals surface area contributed by atoms with E-state index in [1.165, 1.54) is 11.3 Å². The van der Waals surface area contributed by atoms with Crippen LogP contribution in [0.4, 0.5) is 11.4 Å². The van der Waals surface area contributed by atoms with Crippen LogP contribution in [0.15, 0.2) is 47.4 Å². The van der Waals surface area contributed by atoms with E-state index >= 15 is 0 Å². The van der Waals surface area contributed by atoms with Crippen LogP contribution in [0.5, 0.6) is 0 Å². The smallest absolute Gasteiger partial charge is 0.178 e. The first-order chi connectivity index (χ1) is 14.7. The van der Waals surface area contributed by atoms with E-state index in [-0.39, 0.29) is 23.1 Å². The van der Waals surface area contributed by atoms with Crippen LogP contribution >= 0.6 is 0 Å². The van der Waals surface area contributed by atoms with Gasteiger partial charge in [-0.25, -0.2) is 8.42 Å². The van der Waals surface area contributed by atoms with Gasteiger partial charge in [-0.15, -0.1) is 0 Å². The van der Waals surface area contributed by atoms with E-state index in [0.29, 0.717) is 4.90 Å². The number of ether oxygens (including phenoxy) is 1. The molecule has 6 heteroatoms. The number of morpholine rings is 1. The Morgan fingerprint density at radius 2 is 1.87 bits per heavy atom. The van der Waals surface area contributed by atoms with Crippen molar-refractivity contribution in [1.82, 2.24) is 0 Å². The average molecular weight is 443 g/mol. The summed E-state index contributed by atoms with van der Waals surface area (Å²) < 4.78 is 31.1. The van der Waals surface area contributed by atoms with Crippen LogP contribution in [0.2, 0.25) is 0 Å². The van der Waals surface area contributed by atoms with Crippen LogP contribution in [-0.2, 0) is 20.0 Å². The second kappa shape index (κ2) is 8.47. The van der Waals surface area contributed by atoms with Crippen molar-refractivity contribution < 1.29 is 13.2 Å². The van der Waals surface area contributed by atoms with E-state index in [9.17, 15) is 8.42 Å². The fraction of sp³-hybridized carbons (Fsp3) is 0.520. The minimum Gasteiger partial charge on any atom is -0.378 e. The Morgan fingerprint density at radius 3 is 2.58 bits per heavy atom. The van der Waals surface area contributed by atoms with Gasteiger partial charge in [0.1, 0.15) is 0 Å². The number of rotatable bonds is 5. The number of fused-ring (bicyclic) bond motifs is 1. The Bertz CT molecular complexity index is 1040. The molecular weight excluding hydrogens is 408 g/mol. The van der Waals surface area contributed by atoms with Gasteiger partial charge in [0.15, 0.2) is 9.84 Å². The van der Waals surface area contributed by atoms with Crippen LogP contribution in [0.3, 0.4) is 0 Å². The lowest BCUT2D eigenvalue weighted by atomic mass is 9.74. The summed E-state index contributed by atoms with van der Waals surface area (Å²) in [7, 11) is -3.27. The van der Waals surface area contributed by atoms with Crippen molar-refractivity contribution in [3.8, 4) is 0 Å². The molecule has 0 spiro atoms. The lowest BCUT2D eigenvalue weighted by Gasteiger charge is -2.39. The van der Waals surface area contributed by atoms with Crippen molar-refractivity contribution in [1.29, 1.82) is 0 Å². The Hall–Kier alpha value is -2.05. The molecule has 0 radical (unpaired) electrons. The van der Waals surface area contributed by atoms with Gasteiger partial charge in [0, 0.05) is 24.5 Å². The predicted molar refractivity (Wildman–Crippen MR) is 127 cm³/mol. The molecule has 168 valence electrons. The van der Waals surface area contributed by atoms with Gasteiger partial charge in [-0.1, -0.05) is 39.8 Å². The molecule has 1 unspecified atom stereocenters. The highest BCUT2D eigenvalue weighted by Gasteiger charge is 2.34. The highest BCUT2D eigenvalue weighted by molar-refractivity contribution is 7.91. The zero-order valence-electron chi connectivity index (χ0n) is 19.0. The Morgan fingerprint density at radius 1 is 1.13 bits per heavy atom. The summed E-state index contributed by atoms with van der Waals surface area (Å²) in [6.45, 7) is 11.7. The lowest BCUT2D eigenvalue weighted by molar-refractivity contribution is 0.122. The maximum absolute atomic E-state index is 12.8. The molecule has 0 aromatic heterocycles. The normalized spacial score (nSPS) is 20.9. The number of sulfone groups is 1. The molecule has 0 amide bonds. The zero-order valence-corrected chi connectivity index (χ0v) is 19.8. The molecule has 0 aliphatic carbocycles. The highest BCUT2D eigenvalue weighted by Crippen LogP contribution is 2.45. The second-order valence-electron chi connectivity index (χ2n) is 9.86. The molecule has 0 bridgehead atoms. The summed E-state index contributed by atoms with van der Waals surface area (Å²) in [5, 5.41) is 3.68. The third kappa shape index (κ3) is 4.75. The Kier molecular flexibility index (Phi) is 6.05. The van der Waals surface area contributed by atoms with E-state index in [1.54, 1.807) is 6.07 Å². The van der Waals surface area contributed by atoms with E-state index in [1.807, 2.05) is 26.0 Å². The van der Waals surface area contributed by atoms with Crippen LogP contribution in [0, 0.1) is 5.92 Å². The largest absolute Gasteiger partial charge is 0.378 e. The Labute approximate surface area is 186 Å². The molecule has 1 N–H and O–H groups in total. The molecule has 5 nitrogen and oxygen atoms in total. The standard InChI is InChI=1S/C25H34N2O3S/c1-18(2)17-31(28,29)21-8-9-23-22(15-21)25(3,4)16-24(26-23)19-6-5-7-20(14-19)27-10-12-30-13-11-27/h5-9,14-15,18,24,26H,10-13,16-17H2,1-4H3. The molecule has 2 aromatic rings. The maximum Gasteiger partial charge on any atom is 0.178 e. The third-order valence-electron chi connectivity index (χ3n) is 6.33. The van der Waals surface area contributed by atoms with Crippen LogP contribution in [-0.4, -0.2) is 40.5 Å². The minimum atomic E-state index is -3.27. The molecule has 1 saturated heterocycles. The number of nitrogens with zero attached hydrogens (tertiary/aromatic N) is 1. The van der Waals surface area contributed by atoms with Crippen molar-refractivity contribution in [2.75, 3.05) is 42.3 Å². The van der Waals surface area contributed by atoms with Crippen LogP contribution < -0.4 is 10.2 Å². The second-order valence-corrected chi connectivity index (χ2v) is 11.9. The average Bonchev–Trinajstić information content (AvgIpc) is 2.73. The summed E-state index contributed by atoms with van der Waals surface area (Å²) in [6, 6.07) is 14.5. The number of hydrogen-bond donors (Lipinski definition) is 1. The van der Waals surface area contributed by atoms with Crippen molar-refractivity contribution in [2.24, 2.45) is 5.92 Å². The first-order valence-electron chi connectivity index (χ1n) is 11.2. The third-order valence-corrected chi connectivity index (χ3v) is 8.40. The first-order valence-corrected chi connectivity index (χ1v) is 12.9. The van der Waals surface area contributed by atoms with Crippen molar-refractivity contribution in [3.05, 3.63) is 53.6 Å². The highest BCUT2D eigenvalue weighted by atomic mass is 32.2. The number of anilines is 2.